The Labute approximate surface area is 195 Å². The molecule has 178 valence electrons. The van der Waals surface area contributed by atoms with E-state index in [-0.39, 0.29) is 28.8 Å². The Bertz CT molecular complexity index is 961. The van der Waals surface area contributed by atoms with Crippen LogP contribution in [0.2, 0.25) is 0 Å². The molecule has 3 fully saturated rings. The smallest absolute Gasteiger partial charge is 0.335 e. The molecule has 3 saturated carbocycles. The number of hydrogen-bond acceptors (Lipinski definition) is 5. The van der Waals surface area contributed by atoms with Crippen LogP contribution in [0.4, 0.5) is 5.69 Å². The monoisotopic (exact) mass is 453 g/mol. The quantitative estimate of drug-likeness (QED) is 0.210. The second-order valence-corrected chi connectivity index (χ2v) is 11.0. The van der Waals surface area contributed by atoms with Crippen LogP contribution in [0.3, 0.4) is 0 Å². The molecule has 33 heavy (non-hydrogen) atoms. The van der Waals surface area contributed by atoms with Crippen LogP contribution in [0.15, 0.2) is 40.7 Å². The number of nitrogens with zero attached hydrogens (tertiary/aromatic N) is 1. The number of fused-ring (bicyclic) bond motifs is 2. The fraction of sp³-hybridized carbons (Fsp3) is 0.577. The van der Waals surface area contributed by atoms with Crippen molar-refractivity contribution in [3.8, 4) is 0 Å². The second-order valence-electron chi connectivity index (χ2n) is 11.0. The van der Waals surface area contributed by atoms with E-state index in [0.717, 1.165) is 24.2 Å². The van der Waals surface area contributed by atoms with Crippen LogP contribution >= 0.6 is 0 Å². The van der Waals surface area contributed by atoms with Crippen LogP contribution in [0, 0.1) is 29.1 Å². The number of benzene rings is 1. The van der Waals surface area contributed by atoms with Crippen molar-refractivity contribution in [2.45, 2.75) is 65.3 Å². The predicted octanol–water partition coefficient (Wildman–Crippen LogP) is 4.97. The van der Waals surface area contributed by atoms with Crippen LogP contribution in [0.1, 0.15) is 69.7 Å². The highest BCUT2D eigenvalue weighted by atomic mass is 16.4. The minimum absolute atomic E-state index is 0.00948. The molecule has 0 aromatic heterocycles. The Balaban J connectivity index is 1.48. The first-order chi connectivity index (χ1) is 15.6. The van der Waals surface area contributed by atoms with E-state index in [4.69, 9.17) is 5.11 Å². The van der Waals surface area contributed by atoms with Crippen molar-refractivity contribution in [3.05, 3.63) is 41.2 Å². The first-order valence-corrected chi connectivity index (χ1v) is 12.0. The van der Waals surface area contributed by atoms with Gasteiger partial charge in [-0.05, 0) is 86.5 Å². The second kappa shape index (κ2) is 9.20. The highest BCUT2D eigenvalue weighted by Crippen LogP contribution is 2.53. The van der Waals surface area contributed by atoms with Crippen molar-refractivity contribution < 1.29 is 19.8 Å². The zero-order valence-electron chi connectivity index (χ0n) is 19.7. The van der Waals surface area contributed by atoms with E-state index in [1.54, 1.807) is 12.1 Å². The standard InChI is InChI=1S/C26H35N3O4/c1-26(2,3)23(30)21(14-27-29-20-7-4-16(5-8-20)25(32)33)24(31)28-22-9-6-17-10-15-11-18(17)13-19(22)12-15/h4-5,7-8,14-15,17-19,22,29-30H,6,9-13H2,1-3H3,(H,28,31)(H,32,33). The topological polar surface area (TPSA) is 111 Å². The first-order valence-electron chi connectivity index (χ1n) is 12.0. The Morgan fingerprint density at radius 2 is 1.64 bits per heavy atom. The third-order valence-electron chi connectivity index (χ3n) is 7.64. The van der Waals surface area contributed by atoms with Gasteiger partial charge in [0.05, 0.1) is 23.0 Å². The number of rotatable bonds is 6. The summed E-state index contributed by atoms with van der Waals surface area (Å²) in [6, 6.07) is 6.30. The third kappa shape index (κ3) is 5.23. The lowest BCUT2D eigenvalue weighted by Crippen LogP contribution is -2.43. The highest BCUT2D eigenvalue weighted by Gasteiger charge is 2.45. The largest absolute Gasteiger partial charge is 0.511 e. The fourth-order valence-corrected chi connectivity index (χ4v) is 5.97. The zero-order valence-corrected chi connectivity index (χ0v) is 19.7. The van der Waals surface area contributed by atoms with Crippen molar-refractivity contribution in [1.29, 1.82) is 0 Å². The Morgan fingerprint density at radius 3 is 2.30 bits per heavy atom. The maximum Gasteiger partial charge on any atom is 0.335 e. The van der Waals surface area contributed by atoms with Gasteiger partial charge in [-0.25, -0.2) is 4.79 Å². The van der Waals surface area contributed by atoms with Gasteiger partial charge >= 0.3 is 5.97 Å². The van der Waals surface area contributed by atoms with Crippen molar-refractivity contribution in [1.82, 2.24) is 5.32 Å². The molecular weight excluding hydrogens is 418 g/mol. The number of amides is 1. The molecule has 3 aliphatic rings. The average Bonchev–Trinajstić information content (AvgIpc) is 2.99. The number of aliphatic hydroxyl groups is 1. The number of aliphatic hydroxyl groups excluding tert-OH is 1. The molecule has 4 N–H and O–H groups in total. The molecule has 1 aromatic carbocycles. The van der Waals surface area contributed by atoms with Gasteiger partial charge in [0.1, 0.15) is 5.76 Å². The molecule has 3 aliphatic carbocycles. The van der Waals surface area contributed by atoms with Gasteiger partial charge in [0.15, 0.2) is 0 Å². The van der Waals surface area contributed by atoms with Crippen LogP contribution in [-0.4, -0.2) is 34.3 Å². The number of aromatic carboxylic acids is 1. The Morgan fingerprint density at radius 1 is 0.970 bits per heavy atom. The fourth-order valence-electron chi connectivity index (χ4n) is 5.97. The summed E-state index contributed by atoms with van der Waals surface area (Å²) < 4.78 is 0. The van der Waals surface area contributed by atoms with E-state index in [9.17, 15) is 14.7 Å². The van der Waals surface area contributed by atoms with Crippen molar-refractivity contribution >= 4 is 23.8 Å². The third-order valence-corrected chi connectivity index (χ3v) is 7.64. The minimum Gasteiger partial charge on any atom is -0.511 e. The number of carboxylic acid groups (broad SMARTS) is 1. The number of allylic oxidation sites excluding steroid dienone is 1. The van der Waals surface area contributed by atoms with Crippen LogP contribution < -0.4 is 10.7 Å². The van der Waals surface area contributed by atoms with E-state index in [0.29, 0.717) is 11.6 Å². The van der Waals surface area contributed by atoms with E-state index in [2.05, 4.69) is 15.8 Å². The summed E-state index contributed by atoms with van der Waals surface area (Å²) in [6.07, 6.45) is 8.67. The number of carbonyl (C=O) groups is 2. The van der Waals surface area contributed by atoms with Crippen LogP contribution in [0.5, 0.6) is 0 Å². The minimum atomic E-state index is -0.998. The van der Waals surface area contributed by atoms with Gasteiger partial charge in [0.2, 0.25) is 0 Å². The maximum atomic E-state index is 13.3. The normalized spacial score (nSPS) is 29.5. The van der Waals surface area contributed by atoms with Gasteiger partial charge < -0.3 is 15.5 Å². The van der Waals surface area contributed by atoms with Crippen LogP contribution in [0.25, 0.3) is 0 Å². The molecule has 0 saturated heterocycles. The number of carboxylic acids is 1. The van der Waals surface area contributed by atoms with E-state index in [1.165, 1.54) is 50.5 Å². The van der Waals surface area contributed by atoms with Crippen molar-refractivity contribution in [2.75, 3.05) is 5.43 Å². The van der Waals surface area contributed by atoms with Gasteiger partial charge in [0.25, 0.3) is 5.91 Å². The van der Waals surface area contributed by atoms with Gasteiger partial charge in [-0.15, -0.1) is 0 Å². The number of hydrogen-bond donors (Lipinski definition) is 4. The number of anilines is 1. The molecule has 7 heteroatoms. The van der Waals surface area contributed by atoms with Gasteiger partial charge in [-0.3, -0.25) is 10.2 Å². The number of carbonyl (C=O) groups excluding carboxylic acids is 1. The summed E-state index contributed by atoms with van der Waals surface area (Å²) in [7, 11) is 0. The Hall–Kier alpha value is -2.83. The van der Waals surface area contributed by atoms with Gasteiger partial charge in [0, 0.05) is 11.5 Å². The summed E-state index contributed by atoms with van der Waals surface area (Å²) in [5, 5.41) is 27.3. The molecule has 0 heterocycles. The van der Waals surface area contributed by atoms with Crippen molar-refractivity contribution in [2.24, 2.45) is 34.2 Å². The molecule has 0 radical (unpaired) electrons. The molecule has 0 spiro atoms. The molecule has 5 atom stereocenters. The predicted molar refractivity (Wildman–Crippen MR) is 128 cm³/mol. The number of hydrazone groups is 1. The highest BCUT2D eigenvalue weighted by molar-refractivity contribution is 6.13. The molecule has 1 aromatic rings. The summed E-state index contributed by atoms with van der Waals surface area (Å²) in [5.41, 5.74) is 3.12. The van der Waals surface area contributed by atoms with Gasteiger partial charge in [-0.1, -0.05) is 20.8 Å². The maximum absolute atomic E-state index is 13.3. The molecule has 1 amide bonds. The summed E-state index contributed by atoms with van der Waals surface area (Å²) in [6.45, 7) is 5.56. The summed E-state index contributed by atoms with van der Waals surface area (Å²) in [5.74, 6) is 1.68. The van der Waals surface area contributed by atoms with E-state index >= 15 is 0 Å². The van der Waals surface area contributed by atoms with Crippen LogP contribution in [-0.2, 0) is 4.79 Å². The lowest BCUT2D eigenvalue weighted by atomic mass is 9.77. The molecule has 7 nitrogen and oxygen atoms in total. The Kier molecular flexibility index (Phi) is 6.50. The zero-order chi connectivity index (χ0) is 23.8. The lowest BCUT2D eigenvalue weighted by Gasteiger charge is -2.33. The molecule has 0 aliphatic heterocycles. The first kappa shape index (κ1) is 23.3. The molecule has 3 bridgehead atoms. The average molecular weight is 454 g/mol. The molecule has 4 rings (SSSR count). The van der Waals surface area contributed by atoms with E-state index < -0.39 is 11.4 Å². The lowest BCUT2D eigenvalue weighted by molar-refractivity contribution is -0.118. The summed E-state index contributed by atoms with van der Waals surface area (Å²) in [4.78, 5) is 24.3. The summed E-state index contributed by atoms with van der Waals surface area (Å²) >= 11 is 0. The SMILES string of the molecule is CC(C)(C)C(O)=C(C=NNc1ccc(C(=O)O)cc1)C(=O)NC1CCC2CC3CC2CC1C3. The molecule has 5 unspecified atom stereocenters. The molecular formula is C26H35N3O4. The number of nitrogens with one attached hydrogen (secondary N) is 2. The van der Waals surface area contributed by atoms with Gasteiger partial charge in [-0.2, -0.15) is 5.10 Å². The van der Waals surface area contributed by atoms with E-state index in [1.807, 2.05) is 20.8 Å². The van der Waals surface area contributed by atoms with Crippen molar-refractivity contribution in [3.63, 3.8) is 0 Å².